The summed E-state index contributed by atoms with van der Waals surface area (Å²) in [5.41, 5.74) is 2.04. The maximum atomic E-state index is 14.5. The van der Waals surface area contributed by atoms with Gasteiger partial charge in [-0.05, 0) is 104 Å². The fourth-order valence-electron chi connectivity index (χ4n) is 4.68. The maximum absolute atomic E-state index is 14.5. The van der Waals surface area contributed by atoms with E-state index in [1.165, 1.54) is 36.4 Å². The van der Waals surface area contributed by atoms with Crippen molar-refractivity contribution in [2.75, 3.05) is 13.2 Å². The van der Waals surface area contributed by atoms with Gasteiger partial charge >= 0.3 is 0 Å². The Morgan fingerprint density at radius 2 is 0.976 bits per heavy atom. The Kier molecular flexibility index (Phi) is 11.0. The maximum Gasteiger partial charge on any atom is 0.134 e. The molecule has 0 N–H and O–H groups in total. The van der Waals surface area contributed by atoms with Gasteiger partial charge in [-0.3, -0.25) is 0 Å². The van der Waals surface area contributed by atoms with Crippen LogP contribution in [0.1, 0.15) is 38.5 Å². The molecule has 0 amide bonds. The van der Waals surface area contributed by atoms with Crippen LogP contribution in [0.15, 0.2) is 97.6 Å². The second kappa shape index (κ2) is 15.1. The molecule has 2 nitrogen and oxygen atoms in total. The van der Waals surface area contributed by atoms with Crippen LogP contribution < -0.4 is 9.47 Å². The molecule has 0 aliphatic heterocycles. The lowest BCUT2D eigenvalue weighted by atomic mass is 9.96. The molecule has 0 atom stereocenters. The highest BCUT2D eigenvalue weighted by Crippen LogP contribution is 2.28. The van der Waals surface area contributed by atoms with Crippen molar-refractivity contribution in [2.45, 2.75) is 38.5 Å². The molecule has 41 heavy (non-hydrogen) atoms. The van der Waals surface area contributed by atoms with Crippen LogP contribution in [0.25, 0.3) is 22.3 Å². The van der Waals surface area contributed by atoms with E-state index in [0.717, 1.165) is 38.5 Å². The second-order valence-electron chi connectivity index (χ2n) is 9.98. The molecule has 0 aliphatic carbocycles. The van der Waals surface area contributed by atoms with Crippen molar-refractivity contribution in [1.82, 2.24) is 0 Å². The SMILES string of the molecule is C=CC(CCCCOc1ccc(-c2ccc(F)cc2)c(F)c1)CCCCOc1ccc(-c2ccc(F)cc2)c(F)c1. The Morgan fingerprint density at radius 1 is 0.561 bits per heavy atom. The highest BCUT2D eigenvalue weighted by Gasteiger charge is 2.10. The van der Waals surface area contributed by atoms with Gasteiger partial charge in [-0.1, -0.05) is 30.3 Å². The molecular formula is C35H34F4O2. The molecular weight excluding hydrogens is 528 g/mol. The number of allylic oxidation sites excluding steroid dienone is 1. The van der Waals surface area contributed by atoms with E-state index in [1.807, 2.05) is 6.08 Å². The van der Waals surface area contributed by atoms with Gasteiger partial charge in [0, 0.05) is 23.3 Å². The molecule has 0 aromatic heterocycles. The predicted molar refractivity (Wildman–Crippen MR) is 156 cm³/mol. The standard InChI is InChI=1S/C35H34F4O2/c1-2-25(7-3-5-21-40-30-17-19-32(34(38)23-30)26-9-13-28(36)14-10-26)8-4-6-22-41-31-18-20-33(35(39)24-31)27-11-15-29(37)16-12-27/h2,9-20,23-25H,1,3-8,21-22H2. The minimum atomic E-state index is -0.406. The summed E-state index contributed by atoms with van der Waals surface area (Å²) in [5.74, 6) is -0.203. The third-order valence-corrected chi connectivity index (χ3v) is 7.00. The fourth-order valence-corrected chi connectivity index (χ4v) is 4.68. The first kappa shape index (κ1) is 29.9. The van der Waals surface area contributed by atoms with Gasteiger partial charge < -0.3 is 9.47 Å². The van der Waals surface area contributed by atoms with Crippen molar-refractivity contribution in [1.29, 1.82) is 0 Å². The average molecular weight is 563 g/mol. The lowest BCUT2D eigenvalue weighted by molar-refractivity contribution is 0.292. The minimum absolute atomic E-state index is 0.359. The normalized spacial score (nSPS) is 11.0. The Morgan fingerprint density at radius 3 is 1.34 bits per heavy atom. The Labute approximate surface area is 239 Å². The van der Waals surface area contributed by atoms with Crippen LogP contribution in [0, 0.1) is 29.2 Å². The largest absolute Gasteiger partial charge is 0.493 e. The number of unbranched alkanes of at least 4 members (excludes halogenated alkanes) is 2. The zero-order valence-electron chi connectivity index (χ0n) is 22.9. The quantitative estimate of drug-likeness (QED) is 0.0815. The van der Waals surface area contributed by atoms with Gasteiger partial charge in [0.15, 0.2) is 0 Å². The highest BCUT2D eigenvalue weighted by atomic mass is 19.1. The van der Waals surface area contributed by atoms with Gasteiger partial charge in [0.2, 0.25) is 0 Å². The van der Waals surface area contributed by atoms with Gasteiger partial charge in [-0.15, -0.1) is 6.58 Å². The van der Waals surface area contributed by atoms with E-state index in [9.17, 15) is 17.6 Å². The second-order valence-corrected chi connectivity index (χ2v) is 9.98. The van der Waals surface area contributed by atoms with Crippen molar-refractivity contribution >= 4 is 0 Å². The van der Waals surface area contributed by atoms with Gasteiger partial charge in [-0.25, -0.2) is 17.6 Å². The van der Waals surface area contributed by atoms with Gasteiger partial charge in [-0.2, -0.15) is 0 Å². The molecule has 0 bridgehead atoms. The molecule has 6 heteroatoms. The fraction of sp³-hybridized carbons (Fsp3) is 0.257. The number of benzene rings is 4. The zero-order valence-corrected chi connectivity index (χ0v) is 22.9. The zero-order chi connectivity index (χ0) is 29.0. The molecule has 0 spiro atoms. The van der Waals surface area contributed by atoms with Crippen molar-refractivity contribution < 1.29 is 27.0 Å². The molecule has 0 heterocycles. The smallest absolute Gasteiger partial charge is 0.134 e. The van der Waals surface area contributed by atoms with E-state index in [1.54, 1.807) is 48.5 Å². The van der Waals surface area contributed by atoms with Crippen LogP contribution >= 0.6 is 0 Å². The first-order valence-electron chi connectivity index (χ1n) is 13.9. The van der Waals surface area contributed by atoms with E-state index in [4.69, 9.17) is 9.47 Å². The molecule has 0 radical (unpaired) electrons. The van der Waals surface area contributed by atoms with E-state index < -0.39 is 11.6 Å². The van der Waals surface area contributed by atoms with Crippen molar-refractivity contribution in [3.05, 3.63) is 121 Å². The molecule has 214 valence electrons. The lowest BCUT2D eigenvalue weighted by Crippen LogP contribution is -2.03. The third-order valence-electron chi connectivity index (χ3n) is 7.00. The summed E-state index contributed by atoms with van der Waals surface area (Å²) in [4.78, 5) is 0. The molecule has 0 saturated carbocycles. The van der Waals surface area contributed by atoms with Gasteiger partial charge in [0.05, 0.1) is 13.2 Å². The molecule has 4 aromatic carbocycles. The summed E-state index contributed by atoms with van der Waals surface area (Å²) >= 11 is 0. The predicted octanol–water partition coefficient (Wildman–Crippen LogP) is 10.2. The molecule has 4 rings (SSSR count). The van der Waals surface area contributed by atoms with Crippen molar-refractivity contribution in [3.63, 3.8) is 0 Å². The summed E-state index contributed by atoms with van der Waals surface area (Å²) in [6.45, 7) is 4.94. The number of rotatable bonds is 15. The number of ether oxygens (including phenoxy) is 2. The number of hydrogen-bond acceptors (Lipinski definition) is 2. The van der Waals surface area contributed by atoms with E-state index in [0.29, 0.717) is 52.9 Å². The summed E-state index contributed by atoms with van der Waals surface area (Å²) in [7, 11) is 0. The minimum Gasteiger partial charge on any atom is -0.493 e. The summed E-state index contributed by atoms with van der Waals surface area (Å²) in [5, 5.41) is 0. The van der Waals surface area contributed by atoms with Crippen LogP contribution in [-0.2, 0) is 0 Å². The van der Waals surface area contributed by atoms with Crippen LogP contribution in [0.4, 0.5) is 17.6 Å². The van der Waals surface area contributed by atoms with E-state index in [-0.39, 0.29) is 11.6 Å². The molecule has 0 saturated heterocycles. The van der Waals surface area contributed by atoms with E-state index >= 15 is 0 Å². The number of halogens is 4. The van der Waals surface area contributed by atoms with Gasteiger partial charge in [0.25, 0.3) is 0 Å². The Bertz CT molecular complexity index is 1300. The van der Waals surface area contributed by atoms with Crippen molar-refractivity contribution in [3.8, 4) is 33.8 Å². The first-order valence-corrected chi connectivity index (χ1v) is 13.9. The topological polar surface area (TPSA) is 18.5 Å². The van der Waals surface area contributed by atoms with Gasteiger partial charge in [0.1, 0.15) is 34.8 Å². The Hall–Kier alpha value is -4.06. The summed E-state index contributed by atoms with van der Waals surface area (Å²) in [6.07, 6.45) is 7.56. The molecule has 4 aromatic rings. The molecule has 0 unspecified atom stereocenters. The van der Waals surface area contributed by atoms with Crippen molar-refractivity contribution in [2.24, 2.45) is 5.92 Å². The highest BCUT2D eigenvalue weighted by molar-refractivity contribution is 5.65. The number of hydrogen-bond donors (Lipinski definition) is 0. The van der Waals surface area contributed by atoms with Crippen LogP contribution in [0.2, 0.25) is 0 Å². The summed E-state index contributed by atoms with van der Waals surface area (Å²) in [6, 6.07) is 20.9. The Balaban J connectivity index is 1.10. The lowest BCUT2D eigenvalue weighted by Gasteiger charge is -2.13. The monoisotopic (exact) mass is 562 g/mol. The van der Waals surface area contributed by atoms with Crippen LogP contribution in [-0.4, -0.2) is 13.2 Å². The van der Waals surface area contributed by atoms with Crippen LogP contribution in [0.3, 0.4) is 0 Å². The summed E-state index contributed by atoms with van der Waals surface area (Å²) < 4.78 is 66.7. The van der Waals surface area contributed by atoms with Crippen LogP contribution in [0.5, 0.6) is 11.5 Å². The average Bonchev–Trinajstić information content (AvgIpc) is 2.97. The third kappa shape index (κ3) is 8.97. The molecule has 0 fully saturated rings. The van der Waals surface area contributed by atoms with E-state index in [2.05, 4.69) is 6.58 Å². The first-order chi connectivity index (χ1) is 19.9. The molecule has 0 aliphatic rings.